The zero-order valence-electron chi connectivity index (χ0n) is 37.5. The first kappa shape index (κ1) is 54.3. The molecule has 0 radical (unpaired) electrons. The molecule has 0 aromatic carbocycles. The second kappa shape index (κ2) is 40.1. The number of carboxylic acids is 1. The Morgan fingerprint density at radius 3 is 1.47 bits per heavy atom. The lowest BCUT2D eigenvalue weighted by atomic mass is 10.0. The van der Waals surface area contributed by atoms with E-state index < -0.39 is 18.1 Å². The molecule has 0 amide bonds. The quantitative estimate of drug-likeness (QED) is 0.0262. The Morgan fingerprint density at radius 1 is 0.544 bits per heavy atom. The molecule has 2 unspecified atom stereocenters. The van der Waals surface area contributed by atoms with E-state index in [1.165, 1.54) is 83.5 Å². The number of rotatable bonds is 41. The lowest BCUT2D eigenvalue weighted by molar-refractivity contribution is -0.889. The Morgan fingerprint density at radius 2 is 0.982 bits per heavy atom. The number of carboxylic acid groups (broad SMARTS) is 1. The molecule has 0 aliphatic carbocycles. The fourth-order valence-electron chi connectivity index (χ4n) is 6.60. The summed E-state index contributed by atoms with van der Waals surface area (Å²) in [6.45, 7) is 4.50. The Balaban J connectivity index is 4.20. The van der Waals surface area contributed by atoms with Gasteiger partial charge in [-0.2, -0.15) is 0 Å². The van der Waals surface area contributed by atoms with Crippen molar-refractivity contribution < 1.29 is 38.2 Å². The van der Waals surface area contributed by atoms with Crippen LogP contribution in [0.4, 0.5) is 0 Å². The number of unbranched alkanes of at least 4 members (excludes halogenated alkanes) is 19. The van der Waals surface area contributed by atoms with Crippen molar-refractivity contribution in [2.24, 2.45) is 0 Å². The third-order valence-corrected chi connectivity index (χ3v) is 10.2. The Bertz CT molecular complexity index is 1070. The van der Waals surface area contributed by atoms with Gasteiger partial charge in [-0.1, -0.05) is 159 Å². The zero-order valence-corrected chi connectivity index (χ0v) is 37.5. The Labute approximate surface area is 350 Å². The van der Waals surface area contributed by atoms with Crippen LogP contribution in [0.25, 0.3) is 0 Å². The van der Waals surface area contributed by atoms with Crippen molar-refractivity contribution in [1.82, 2.24) is 0 Å². The van der Waals surface area contributed by atoms with Gasteiger partial charge in [0, 0.05) is 19.3 Å². The third kappa shape index (κ3) is 38.6. The largest absolute Gasteiger partial charge is 0.544 e. The summed E-state index contributed by atoms with van der Waals surface area (Å²) in [5.74, 6) is -1.75. The van der Waals surface area contributed by atoms with Gasteiger partial charge in [-0.15, -0.1) is 0 Å². The van der Waals surface area contributed by atoms with E-state index in [-0.39, 0.29) is 42.7 Å². The first-order chi connectivity index (χ1) is 27.6. The van der Waals surface area contributed by atoms with Gasteiger partial charge in [0.1, 0.15) is 12.6 Å². The second-order valence-electron chi connectivity index (χ2n) is 16.6. The van der Waals surface area contributed by atoms with E-state index in [2.05, 4.69) is 62.5 Å². The molecule has 57 heavy (non-hydrogen) atoms. The van der Waals surface area contributed by atoms with Gasteiger partial charge >= 0.3 is 11.9 Å². The molecule has 2 atom stereocenters. The molecule has 0 aliphatic rings. The Hall–Kier alpha value is -2.71. The lowest BCUT2D eigenvalue weighted by Crippen LogP contribution is -2.55. The number of esters is 2. The molecule has 0 saturated carbocycles. The molecule has 8 heteroatoms. The van der Waals surface area contributed by atoms with E-state index >= 15 is 0 Å². The molecule has 8 nitrogen and oxygen atoms in total. The average Bonchev–Trinajstić information content (AvgIpc) is 3.17. The summed E-state index contributed by atoms with van der Waals surface area (Å²) >= 11 is 0. The molecule has 0 heterocycles. The summed E-state index contributed by atoms with van der Waals surface area (Å²) in [6, 6.07) is -0.727. The summed E-state index contributed by atoms with van der Waals surface area (Å²) < 4.78 is 17.1. The third-order valence-electron chi connectivity index (χ3n) is 10.2. The monoisotopic (exact) mass is 802 g/mol. The molecule has 0 aliphatic heterocycles. The summed E-state index contributed by atoms with van der Waals surface area (Å²) in [4.78, 5) is 36.8. The number of quaternary nitrogens is 1. The smallest absolute Gasteiger partial charge is 0.306 e. The van der Waals surface area contributed by atoms with Gasteiger partial charge in [0.05, 0.1) is 40.3 Å². The Kier molecular flexibility index (Phi) is 38.2. The minimum Gasteiger partial charge on any atom is -0.544 e. The number of allylic oxidation sites excluding steroid dienone is 8. The van der Waals surface area contributed by atoms with Crippen LogP contribution in [0.1, 0.15) is 194 Å². The van der Waals surface area contributed by atoms with E-state index in [0.717, 1.165) is 77.0 Å². The van der Waals surface area contributed by atoms with Crippen LogP contribution < -0.4 is 5.11 Å². The van der Waals surface area contributed by atoms with Crippen molar-refractivity contribution >= 4 is 17.9 Å². The van der Waals surface area contributed by atoms with Crippen molar-refractivity contribution in [3.63, 3.8) is 0 Å². The molecule has 0 aromatic heterocycles. The van der Waals surface area contributed by atoms with Crippen molar-refractivity contribution in [3.8, 4) is 0 Å². The van der Waals surface area contributed by atoms with Crippen LogP contribution in [0.5, 0.6) is 0 Å². The van der Waals surface area contributed by atoms with Gasteiger partial charge < -0.3 is 28.6 Å². The van der Waals surface area contributed by atoms with E-state index in [0.29, 0.717) is 12.8 Å². The topological polar surface area (TPSA) is 102 Å². The highest BCUT2D eigenvalue weighted by Crippen LogP contribution is 2.15. The maximum absolute atomic E-state index is 12.7. The molecule has 0 bridgehead atoms. The van der Waals surface area contributed by atoms with E-state index in [9.17, 15) is 19.5 Å². The summed E-state index contributed by atoms with van der Waals surface area (Å²) in [5.41, 5.74) is 0. The molecular weight excluding hydrogens is 715 g/mol. The van der Waals surface area contributed by atoms with Gasteiger partial charge in [-0.05, 0) is 64.2 Å². The molecule has 0 aromatic rings. The van der Waals surface area contributed by atoms with E-state index in [1.54, 1.807) is 21.1 Å². The fourth-order valence-corrected chi connectivity index (χ4v) is 6.60. The highest BCUT2D eigenvalue weighted by molar-refractivity contribution is 5.70. The van der Waals surface area contributed by atoms with Gasteiger partial charge in [-0.3, -0.25) is 9.59 Å². The summed E-state index contributed by atoms with van der Waals surface area (Å²) in [7, 11) is 5.40. The fraction of sp³-hybridized carbons (Fsp3) is 0.776. The summed E-state index contributed by atoms with van der Waals surface area (Å²) in [6.07, 6.45) is 47.2. The van der Waals surface area contributed by atoms with Gasteiger partial charge in [-0.25, -0.2) is 0 Å². The SMILES string of the molecule is CC/C=C/C/C=C/C/C=C/CCCCCCCCCCCCCCCC(=O)OC(COCCC(C(=O)[O-])[N+](C)(C)C)COC(=O)CCCCCC/C=C/CCCC. The standard InChI is InChI=1S/C49H87NO7/c1-6-8-10-12-14-16-18-19-20-21-22-23-24-25-26-27-28-29-30-32-34-36-38-40-48(52)57-45(43-55-42-41-46(49(53)54)50(3,4)5)44-56-47(51)39-37-35-33-31-17-15-13-11-9-7-2/h8,10,13-16,19-20,45-46H,6-7,9,11-12,17-18,21-44H2,1-5H3/b10-8+,15-13+,16-14+,20-19+. The lowest BCUT2D eigenvalue weighted by Gasteiger charge is -2.34. The number of ether oxygens (including phenoxy) is 3. The minimum atomic E-state index is -1.13. The predicted molar refractivity (Wildman–Crippen MR) is 236 cm³/mol. The van der Waals surface area contributed by atoms with E-state index in [4.69, 9.17) is 14.2 Å². The molecule has 330 valence electrons. The molecule has 0 rings (SSSR count). The van der Waals surface area contributed by atoms with Gasteiger partial charge in [0.25, 0.3) is 0 Å². The van der Waals surface area contributed by atoms with Crippen LogP contribution >= 0.6 is 0 Å². The number of aliphatic carboxylic acids is 1. The average molecular weight is 802 g/mol. The van der Waals surface area contributed by atoms with Crippen LogP contribution in [0, 0.1) is 0 Å². The molecule has 0 saturated heterocycles. The van der Waals surface area contributed by atoms with Crippen LogP contribution in [0.15, 0.2) is 48.6 Å². The zero-order chi connectivity index (χ0) is 42.1. The maximum atomic E-state index is 12.7. The molecule has 0 fully saturated rings. The number of likely N-dealkylation sites (N-methyl/N-ethyl adjacent to an activating group) is 1. The molecule has 0 N–H and O–H groups in total. The van der Waals surface area contributed by atoms with Crippen molar-refractivity contribution in [2.75, 3.05) is 41.0 Å². The van der Waals surface area contributed by atoms with E-state index in [1.807, 2.05) is 0 Å². The second-order valence-corrected chi connectivity index (χ2v) is 16.6. The number of nitrogens with zero attached hydrogens (tertiary/aromatic N) is 1. The first-order valence-corrected chi connectivity index (χ1v) is 23.2. The predicted octanol–water partition coefficient (Wildman–Crippen LogP) is 11.5. The maximum Gasteiger partial charge on any atom is 0.306 e. The van der Waals surface area contributed by atoms with Gasteiger partial charge in [0.2, 0.25) is 0 Å². The number of hydrogen-bond acceptors (Lipinski definition) is 7. The number of carbonyl (C=O) groups is 3. The molecular formula is C49H87NO7. The van der Waals surface area contributed by atoms with Crippen LogP contribution in [0.3, 0.4) is 0 Å². The number of hydrogen-bond donors (Lipinski definition) is 0. The van der Waals surface area contributed by atoms with Crippen LogP contribution in [-0.2, 0) is 28.6 Å². The first-order valence-electron chi connectivity index (χ1n) is 23.2. The van der Waals surface area contributed by atoms with Crippen molar-refractivity contribution in [1.29, 1.82) is 0 Å². The van der Waals surface area contributed by atoms with Crippen LogP contribution in [-0.4, -0.2) is 75.5 Å². The highest BCUT2D eigenvalue weighted by Gasteiger charge is 2.25. The van der Waals surface area contributed by atoms with Crippen LogP contribution in [0.2, 0.25) is 0 Å². The normalized spacial score (nSPS) is 13.4. The number of carbonyl (C=O) groups excluding carboxylic acids is 3. The highest BCUT2D eigenvalue weighted by atomic mass is 16.6. The van der Waals surface area contributed by atoms with Crippen molar-refractivity contribution in [2.45, 2.75) is 206 Å². The van der Waals surface area contributed by atoms with Gasteiger partial charge in [0.15, 0.2) is 6.10 Å². The minimum absolute atomic E-state index is 0.0371. The van der Waals surface area contributed by atoms with Crippen molar-refractivity contribution in [3.05, 3.63) is 48.6 Å². The molecule has 0 spiro atoms. The summed E-state index contributed by atoms with van der Waals surface area (Å²) in [5, 5.41) is 11.6.